The molecule has 3 fully saturated rings. The Morgan fingerprint density at radius 3 is 1.87 bits per heavy atom. The first kappa shape index (κ1) is 32.0. The number of aromatic nitrogens is 8. The van der Waals surface area contributed by atoms with Crippen LogP contribution in [0.3, 0.4) is 0 Å². The predicted octanol–water partition coefficient (Wildman–Crippen LogP) is -2.65. The van der Waals surface area contributed by atoms with E-state index >= 15 is 0 Å². The van der Waals surface area contributed by atoms with Crippen molar-refractivity contribution in [1.29, 1.82) is 0 Å². The fraction of sp³-hybridized carbons (Fsp3) is 0.545. The molecular formula is C22H26N10O13P2-2. The topological polar surface area (TPSA) is 335 Å². The van der Waals surface area contributed by atoms with Crippen LogP contribution in [-0.4, -0.2) is 87.9 Å². The number of ether oxygens (including phenoxy) is 2. The summed E-state index contributed by atoms with van der Waals surface area (Å²) in [5.74, 6) is -1.29. The molecule has 7 rings (SSSR count). The number of aliphatic hydroxyl groups is 1. The highest BCUT2D eigenvalue weighted by Gasteiger charge is 2.51. The Hall–Kier alpha value is -3.60. The number of aliphatic hydroxyl groups excluding tert-OH is 1. The summed E-state index contributed by atoms with van der Waals surface area (Å²) in [4.78, 5) is 71.5. The Balaban J connectivity index is 1.19. The molecule has 23 nitrogen and oxygen atoms in total. The minimum atomic E-state index is -5.29. The number of fused-ring (bicyclic) bond motifs is 4. The molecule has 0 bridgehead atoms. The summed E-state index contributed by atoms with van der Waals surface area (Å²) in [7, 11) is -10.5. The molecule has 25 heteroatoms. The van der Waals surface area contributed by atoms with Crippen LogP contribution >= 0.6 is 15.6 Å². The van der Waals surface area contributed by atoms with Gasteiger partial charge in [0.1, 0.15) is 36.7 Å². The molecule has 0 radical (unpaired) electrons. The van der Waals surface area contributed by atoms with Gasteiger partial charge in [0.05, 0.1) is 25.9 Å². The van der Waals surface area contributed by atoms with E-state index in [4.69, 9.17) is 39.0 Å². The van der Waals surface area contributed by atoms with Gasteiger partial charge in [-0.2, -0.15) is 9.97 Å². The number of nitrogens with zero attached hydrogens (tertiary/aromatic N) is 6. The first-order valence-corrected chi connectivity index (χ1v) is 16.9. The summed E-state index contributed by atoms with van der Waals surface area (Å²) in [6.07, 6.45) is -7.85. The van der Waals surface area contributed by atoms with Crippen LogP contribution in [0.15, 0.2) is 22.2 Å². The molecule has 4 unspecified atom stereocenters. The first-order chi connectivity index (χ1) is 22.2. The van der Waals surface area contributed by atoms with Crippen molar-refractivity contribution in [1.82, 2.24) is 39.0 Å². The number of nitrogens with one attached hydrogen (secondary N) is 2. The Labute approximate surface area is 261 Å². The van der Waals surface area contributed by atoms with Crippen LogP contribution in [0.5, 0.6) is 0 Å². The SMILES string of the molecule is CC[C@H]1C2OP(=O)([O-])OC[C@@H]3O[C@@H](n4cnc5c(=O)[nH]c(N)nc54)[C@@H](O)C3OP(=O)([O-])OC[C@H]2O[C@H]1n1cnc2c(=O)[nH]c(N)nc21. The molecule has 0 aliphatic carbocycles. The van der Waals surface area contributed by atoms with Crippen LogP contribution < -0.4 is 32.4 Å². The van der Waals surface area contributed by atoms with Crippen molar-refractivity contribution in [3.05, 3.63) is 33.4 Å². The van der Waals surface area contributed by atoms with E-state index < -0.39 is 88.9 Å². The Bertz CT molecular complexity index is 2070. The van der Waals surface area contributed by atoms with Gasteiger partial charge in [-0.15, -0.1) is 0 Å². The van der Waals surface area contributed by atoms with Crippen LogP contribution in [0, 0.1) is 5.92 Å². The normalized spacial score (nSPS) is 36.6. The number of imidazole rings is 2. The molecule has 0 spiro atoms. The Morgan fingerprint density at radius 1 is 0.872 bits per heavy atom. The zero-order valence-electron chi connectivity index (χ0n) is 24.0. The highest BCUT2D eigenvalue weighted by molar-refractivity contribution is 7.46. The largest absolute Gasteiger partial charge is 0.756 e. The van der Waals surface area contributed by atoms with E-state index in [1.54, 1.807) is 6.92 Å². The van der Waals surface area contributed by atoms with Crippen LogP contribution in [0.4, 0.5) is 11.9 Å². The third-order valence-electron chi connectivity index (χ3n) is 7.99. The monoisotopic (exact) mass is 700 g/mol. The van der Waals surface area contributed by atoms with Crippen LogP contribution in [0.25, 0.3) is 22.3 Å². The molecule has 0 aromatic carbocycles. The summed E-state index contributed by atoms with van der Waals surface area (Å²) in [5, 5.41) is 11.1. The van der Waals surface area contributed by atoms with Gasteiger partial charge in [0.2, 0.25) is 11.9 Å². The second-order valence-corrected chi connectivity index (χ2v) is 13.6. The number of hydrogen-bond acceptors (Lipinski definition) is 19. The van der Waals surface area contributed by atoms with Crippen LogP contribution in [0.1, 0.15) is 25.8 Å². The van der Waals surface area contributed by atoms with E-state index in [2.05, 4.69) is 29.9 Å². The number of anilines is 2. The third kappa shape index (κ3) is 5.68. The predicted molar refractivity (Wildman–Crippen MR) is 150 cm³/mol. The second kappa shape index (κ2) is 11.5. The number of nitrogens with two attached hydrogens (primary N) is 2. The van der Waals surface area contributed by atoms with Gasteiger partial charge >= 0.3 is 0 Å². The maximum atomic E-state index is 13.2. The molecule has 3 aliphatic rings. The standard InChI is InChI=1S/C22H28N10O13P2/c1-2-7-13-8(42-19(7)31-5-25-10-15(31)27-21(23)29-17(10)34)3-40-47(38,39)45-14-9(4-41-46(36,37)44-13)43-20(12(14)33)32-6-26-11-16(32)28-22(24)30-18(11)35/h5-9,12-14,19-20,33H,2-4H2,1H3,(H,36,37)(H,38,39)(H3,23,27,29,34)(H3,24,28,30,35)/p-2/t7-,8+,9-,12-,13?,14?,19+,20+/m0/s1. The van der Waals surface area contributed by atoms with Crippen molar-refractivity contribution < 1.29 is 51.6 Å². The molecule has 47 heavy (non-hydrogen) atoms. The maximum absolute atomic E-state index is 13.2. The molecule has 4 aromatic rings. The number of phosphoric ester groups is 2. The molecule has 7 N–H and O–H groups in total. The van der Waals surface area contributed by atoms with Crippen molar-refractivity contribution in [3.63, 3.8) is 0 Å². The average Bonchev–Trinajstić information content (AvgIpc) is 3.75. The van der Waals surface area contributed by atoms with Gasteiger partial charge in [0.15, 0.2) is 28.6 Å². The Morgan fingerprint density at radius 2 is 1.34 bits per heavy atom. The van der Waals surface area contributed by atoms with Crippen molar-refractivity contribution in [3.8, 4) is 0 Å². The minimum absolute atomic E-state index is 0.0222. The van der Waals surface area contributed by atoms with E-state index in [9.17, 15) is 33.6 Å². The molecular weight excluding hydrogens is 674 g/mol. The molecule has 10 atom stereocenters. The number of aromatic amines is 2. The lowest BCUT2D eigenvalue weighted by atomic mass is 9.97. The quantitative estimate of drug-likeness (QED) is 0.136. The van der Waals surface area contributed by atoms with Crippen molar-refractivity contribution in [2.45, 2.75) is 56.3 Å². The number of phosphoric acid groups is 2. The summed E-state index contributed by atoms with van der Waals surface area (Å²) < 4.78 is 61.4. The third-order valence-corrected chi connectivity index (χ3v) is 9.93. The van der Waals surface area contributed by atoms with Gasteiger partial charge in [0.25, 0.3) is 26.8 Å². The fourth-order valence-electron chi connectivity index (χ4n) is 5.94. The van der Waals surface area contributed by atoms with E-state index in [1.807, 2.05) is 0 Å². The lowest BCUT2D eigenvalue weighted by Gasteiger charge is -2.35. The van der Waals surface area contributed by atoms with Crippen LogP contribution in [-0.2, 0) is 36.7 Å². The van der Waals surface area contributed by atoms with Crippen molar-refractivity contribution >= 4 is 49.9 Å². The van der Waals surface area contributed by atoms with Crippen molar-refractivity contribution in [2.75, 3.05) is 24.7 Å². The second-order valence-electron chi connectivity index (χ2n) is 10.9. The smallest absolute Gasteiger partial charge is 0.280 e. The zero-order valence-corrected chi connectivity index (χ0v) is 25.8. The molecule has 7 heterocycles. The molecule has 3 aliphatic heterocycles. The zero-order chi connectivity index (χ0) is 33.4. The fourth-order valence-corrected chi connectivity index (χ4v) is 7.87. The van der Waals surface area contributed by atoms with Gasteiger partial charge < -0.3 is 53.9 Å². The lowest BCUT2D eigenvalue weighted by molar-refractivity contribution is -0.244. The molecule has 4 aromatic heterocycles. The molecule has 254 valence electrons. The Kier molecular flexibility index (Phi) is 7.84. The number of H-pyrrole nitrogens is 2. The number of rotatable bonds is 3. The molecule has 0 amide bonds. The van der Waals surface area contributed by atoms with E-state index in [1.165, 1.54) is 10.9 Å². The summed E-state index contributed by atoms with van der Waals surface area (Å²) >= 11 is 0. The molecule has 0 saturated carbocycles. The first-order valence-electron chi connectivity index (χ1n) is 14.0. The number of nitrogen functional groups attached to an aromatic ring is 2. The van der Waals surface area contributed by atoms with Gasteiger partial charge in [-0.25, -0.2) is 9.97 Å². The van der Waals surface area contributed by atoms with E-state index in [0.717, 1.165) is 10.9 Å². The minimum Gasteiger partial charge on any atom is -0.756 e. The average molecular weight is 700 g/mol. The van der Waals surface area contributed by atoms with Gasteiger partial charge in [-0.1, -0.05) is 6.92 Å². The summed E-state index contributed by atoms with van der Waals surface area (Å²) in [6.45, 7) is 0.0276. The van der Waals surface area contributed by atoms with E-state index in [0.29, 0.717) is 0 Å². The van der Waals surface area contributed by atoms with Gasteiger partial charge in [-0.3, -0.25) is 37.8 Å². The van der Waals surface area contributed by atoms with Gasteiger partial charge in [0, 0.05) is 5.92 Å². The summed E-state index contributed by atoms with van der Waals surface area (Å²) in [6, 6.07) is 0. The van der Waals surface area contributed by atoms with E-state index in [-0.39, 0.29) is 40.6 Å². The van der Waals surface area contributed by atoms with Crippen molar-refractivity contribution in [2.24, 2.45) is 5.92 Å². The maximum Gasteiger partial charge on any atom is 0.280 e. The lowest BCUT2D eigenvalue weighted by Crippen LogP contribution is -2.40. The highest BCUT2D eigenvalue weighted by atomic mass is 31.2. The highest BCUT2D eigenvalue weighted by Crippen LogP contribution is 2.52. The number of hydrogen-bond donors (Lipinski definition) is 5. The summed E-state index contributed by atoms with van der Waals surface area (Å²) in [5.41, 5.74) is 9.68. The molecule has 3 saturated heterocycles. The van der Waals surface area contributed by atoms with Crippen LogP contribution in [0.2, 0.25) is 0 Å². The van der Waals surface area contributed by atoms with Gasteiger partial charge in [-0.05, 0) is 6.42 Å².